The molecule has 0 aliphatic heterocycles. The number of allylic oxidation sites excluding steroid dienone is 3. The number of hydrogen-bond acceptors (Lipinski definition) is 1. The van der Waals surface area contributed by atoms with Gasteiger partial charge in [0, 0.05) is 6.08 Å². The van der Waals surface area contributed by atoms with Gasteiger partial charge in [-0.05, 0) is 24.7 Å². The predicted molar refractivity (Wildman–Crippen MR) is 98.6 cm³/mol. The van der Waals surface area contributed by atoms with Crippen molar-refractivity contribution in [2.45, 2.75) is 90.4 Å². The minimum atomic E-state index is -0.875. The highest BCUT2D eigenvalue weighted by Crippen LogP contribution is 2.38. The smallest absolute Gasteiger partial charge is 0.328 e. The van der Waals surface area contributed by atoms with Crippen LogP contribution in [0.4, 0.5) is 0 Å². The van der Waals surface area contributed by atoms with Crippen LogP contribution in [-0.2, 0) is 4.79 Å². The van der Waals surface area contributed by atoms with Crippen LogP contribution in [-0.4, -0.2) is 11.1 Å². The summed E-state index contributed by atoms with van der Waals surface area (Å²) >= 11 is 0. The van der Waals surface area contributed by atoms with E-state index in [1.807, 2.05) is 6.08 Å². The van der Waals surface area contributed by atoms with Gasteiger partial charge in [0.2, 0.25) is 0 Å². The molecule has 0 radical (unpaired) electrons. The first-order valence-electron chi connectivity index (χ1n) is 9.80. The fourth-order valence-electron chi connectivity index (χ4n) is 3.86. The summed E-state index contributed by atoms with van der Waals surface area (Å²) in [5, 5.41) is 8.52. The molecular formula is C21H36O2. The van der Waals surface area contributed by atoms with Crippen LogP contribution in [0.1, 0.15) is 90.4 Å². The Balaban J connectivity index is 2.08. The molecule has 2 heteroatoms. The van der Waals surface area contributed by atoms with Crippen molar-refractivity contribution in [2.75, 3.05) is 0 Å². The monoisotopic (exact) mass is 320 g/mol. The maximum absolute atomic E-state index is 10.4. The molecule has 0 bridgehead atoms. The topological polar surface area (TPSA) is 37.3 Å². The van der Waals surface area contributed by atoms with E-state index in [0.717, 1.165) is 18.3 Å². The molecule has 1 N–H and O–H groups in total. The van der Waals surface area contributed by atoms with Crippen molar-refractivity contribution < 1.29 is 9.90 Å². The molecule has 0 saturated heterocycles. The third kappa shape index (κ3) is 10.4. The van der Waals surface area contributed by atoms with Gasteiger partial charge in [-0.25, -0.2) is 4.79 Å². The Bertz CT molecular complexity index is 357. The van der Waals surface area contributed by atoms with Gasteiger partial charge in [-0.3, -0.25) is 0 Å². The number of unbranched alkanes of at least 4 members (excludes halogenated alkanes) is 6. The average molecular weight is 321 g/mol. The van der Waals surface area contributed by atoms with Gasteiger partial charge in [0.25, 0.3) is 0 Å². The van der Waals surface area contributed by atoms with Crippen molar-refractivity contribution in [3.63, 3.8) is 0 Å². The molecule has 0 aromatic heterocycles. The lowest BCUT2D eigenvalue weighted by atomic mass is 9.87. The summed E-state index contributed by atoms with van der Waals surface area (Å²) in [6.45, 7) is 2.28. The maximum atomic E-state index is 10.4. The van der Waals surface area contributed by atoms with Crippen LogP contribution in [0.15, 0.2) is 24.3 Å². The molecule has 23 heavy (non-hydrogen) atoms. The molecule has 0 amide bonds. The summed E-state index contributed by atoms with van der Waals surface area (Å²) in [6.07, 6.45) is 24.7. The predicted octanol–water partition coefficient (Wildman–Crippen LogP) is 6.52. The molecule has 0 aromatic rings. The van der Waals surface area contributed by atoms with E-state index in [1.165, 1.54) is 83.1 Å². The number of carboxylic acids is 1. The van der Waals surface area contributed by atoms with Gasteiger partial charge in [-0.1, -0.05) is 95.8 Å². The van der Waals surface area contributed by atoms with Crippen LogP contribution < -0.4 is 0 Å². The largest absolute Gasteiger partial charge is 0.478 e. The Labute approximate surface area is 143 Å². The van der Waals surface area contributed by atoms with Gasteiger partial charge in [0.1, 0.15) is 0 Å². The highest BCUT2D eigenvalue weighted by atomic mass is 16.4. The molecular weight excluding hydrogens is 284 g/mol. The van der Waals surface area contributed by atoms with Gasteiger partial charge in [0.05, 0.1) is 0 Å². The van der Waals surface area contributed by atoms with E-state index in [2.05, 4.69) is 13.0 Å². The summed E-state index contributed by atoms with van der Waals surface area (Å²) < 4.78 is 0. The number of aliphatic carboxylic acids is 1. The van der Waals surface area contributed by atoms with Crippen LogP contribution in [0.3, 0.4) is 0 Å². The van der Waals surface area contributed by atoms with E-state index >= 15 is 0 Å². The van der Waals surface area contributed by atoms with E-state index in [1.54, 1.807) is 6.08 Å². The van der Waals surface area contributed by atoms with Crippen LogP contribution in [0, 0.1) is 11.8 Å². The van der Waals surface area contributed by atoms with Crippen LogP contribution in [0.25, 0.3) is 0 Å². The SMILES string of the molecule is CCCCCCCCC[C@H]1CCC[C@@H]1CCC=C/C=C/C(=O)O. The van der Waals surface area contributed by atoms with Crippen molar-refractivity contribution in [3.8, 4) is 0 Å². The highest BCUT2D eigenvalue weighted by molar-refractivity contribution is 5.80. The molecule has 1 fully saturated rings. The lowest BCUT2D eigenvalue weighted by Crippen LogP contribution is -2.07. The van der Waals surface area contributed by atoms with Crippen LogP contribution >= 0.6 is 0 Å². The molecule has 1 aliphatic carbocycles. The van der Waals surface area contributed by atoms with E-state index in [-0.39, 0.29) is 0 Å². The van der Waals surface area contributed by atoms with Gasteiger partial charge in [-0.2, -0.15) is 0 Å². The first kappa shape index (κ1) is 20.0. The fourth-order valence-corrected chi connectivity index (χ4v) is 3.86. The highest BCUT2D eigenvalue weighted by Gasteiger charge is 2.25. The molecule has 0 unspecified atom stereocenters. The normalized spacial score (nSPS) is 21.6. The third-order valence-corrected chi connectivity index (χ3v) is 5.19. The molecule has 0 spiro atoms. The zero-order chi connectivity index (χ0) is 16.8. The van der Waals surface area contributed by atoms with Gasteiger partial charge >= 0.3 is 5.97 Å². The lowest BCUT2D eigenvalue weighted by Gasteiger charge is -2.18. The van der Waals surface area contributed by atoms with Crippen molar-refractivity contribution in [1.29, 1.82) is 0 Å². The molecule has 1 aliphatic rings. The summed E-state index contributed by atoms with van der Waals surface area (Å²) in [5.41, 5.74) is 0. The molecule has 2 atom stereocenters. The molecule has 0 aromatic carbocycles. The Morgan fingerprint density at radius 1 is 0.957 bits per heavy atom. The summed E-state index contributed by atoms with van der Waals surface area (Å²) in [5.74, 6) is 0.983. The van der Waals surface area contributed by atoms with Crippen LogP contribution in [0.2, 0.25) is 0 Å². The second kappa shape index (κ2) is 13.4. The molecule has 1 rings (SSSR count). The number of rotatable bonds is 13. The first-order chi connectivity index (χ1) is 11.2. The number of carbonyl (C=O) groups is 1. The Morgan fingerprint density at radius 2 is 1.61 bits per heavy atom. The van der Waals surface area contributed by atoms with Crippen LogP contribution in [0.5, 0.6) is 0 Å². The second-order valence-electron chi connectivity index (χ2n) is 7.06. The quantitative estimate of drug-likeness (QED) is 0.238. The second-order valence-corrected chi connectivity index (χ2v) is 7.06. The lowest BCUT2D eigenvalue weighted by molar-refractivity contribution is -0.131. The third-order valence-electron chi connectivity index (χ3n) is 5.19. The molecule has 132 valence electrons. The Kier molecular flexibility index (Phi) is 11.6. The van der Waals surface area contributed by atoms with E-state index in [0.29, 0.717) is 0 Å². The van der Waals surface area contributed by atoms with E-state index in [9.17, 15) is 4.79 Å². The molecule has 1 saturated carbocycles. The Morgan fingerprint density at radius 3 is 2.30 bits per heavy atom. The molecule has 2 nitrogen and oxygen atoms in total. The maximum Gasteiger partial charge on any atom is 0.328 e. The van der Waals surface area contributed by atoms with Gasteiger partial charge in [-0.15, -0.1) is 0 Å². The van der Waals surface area contributed by atoms with Gasteiger partial charge in [0.15, 0.2) is 0 Å². The van der Waals surface area contributed by atoms with Crippen molar-refractivity contribution in [3.05, 3.63) is 24.3 Å². The number of carboxylic acid groups (broad SMARTS) is 1. The summed E-state index contributed by atoms with van der Waals surface area (Å²) in [4.78, 5) is 10.4. The van der Waals surface area contributed by atoms with Crippen molar-refractivity contribution >= 4 is 5.97 Å². The van der Waals surface area contributed by atoms with Crippen molar-refractivity contribution in [1.82, 2.24) is 0 Å². The van der Waals surface area contributed by atoms with E-state index in [4.69, 9.17) is 5.11 Å². The zero-order valence-corrected chi connectivity index (χ0v) is 15.0. The summed E-state index contributed by atoms with van der Waals surface area (Å²) in [7, 11) is 0. The molecule has 0 heterocycles. The Hall–Kier alpha value is -1.05. The fraction of sp³-hybridized carbons (Fsp3) is 0.762. The summed E-state index contributed by atoms with van der Waals surface area (Å²) in [6, 6.07) is 0. The first-order valence-corrected chi connectivity index (χ1v) is 9.80. The average Bonchev–Trinajstić information content (AvgIpc) is 2.97. The van der Waals surface area contributed by atoms with Gasteiger partial charge < -0.3 is 5.11 Å². The standard InChI is InChI=1S/C21H36O2/c1-2-3-4-5-6-7-10-14-19-16-13-17-20(19)15-11-8-9-12-18-21(22)23/h8-9,12,18-20H,2-7,10-11,13-17H2,1H3,(H,22,23)/b9-8?,18-12+/t19-,20-/m0/s1. The minimum Gasteiger partial charge on any atom is -0.478 e. The number of hydrogen-bond donors (Lipinski definition) is 1. The zero-order valence-electron chi connectivity index (χ0n) is 15.0. The van der Waals surface area contributed by atoms with Crippen molar-refractivity contribution in [2.24, 2.45) is 11.8 Å². The minimum absolute atomic E-state index is 0.875. The van der Waals surface area contributed by atoms with E-state index < -0.39 is 5.97 Å².